The summed E-state index contributed by atoms with van der Waals surface area (Å²) in [5, 5.41) is 20.6. The number of hydrogen-bond donors (Lipinski definition) is 1. The van der Waals surface area contributed by atoms with Gasteiger partial charge in [-0.1, -0.05) is 12.1 Å². The van der Waals surface area contributed by atoms with E-state index >= 15 is 0 Å². The van der Waals surface area contributed by atoms with Crippen molar-refractivity contribution < 1.29 is 18.0 Å². The first-order valence-corrected chi connectivity index (χ1v) is 11.5. The van der Waals surface area contributed by atoms with Crippen LogP contribution in [0.1, 0.15) is 29.2 Å². The molecule has 0 saturated carbocycles. The number of halogens is 3. The predicted octanol–water partition coefficient (Wildman–Crippen LogP) is 5.71. The van der Waals surface area contributed by atoms with Crippen molar-refractivity contribution in [3.63, 3.8) is 0 Å². The van der Waals surface area contributed by atoms with Crippen LogP contribution in [0.25, 0.3) is 33.7 Å². The molecule has 8 nitrogen and oxygen atoms in total. The molecule has 0 aliphatic rings. The highest BCUT2D eigenvalue weighted by Crippen LogP contribution is 2.39. The summed E-state index contributed by atoms with van der Waals surface area (Å²) >= 11 is 0. The Morgan fingerprint density at radius 2 is 1.84 bits per heavy atom. The van der Waals surface area contributed by atoms with E-state index in [4.69, 9.17) is 5.26 Å². The Hall–Kier alpha value is -4.98. The summed E-state index contributed by atoms with van der Waals surface area (Å²) in [5.74, 6) is -0.354. The lowest BCUT2D eigenvalue weighted by molar-refractivity contribution is -0.137. The van der Waals surface area contributed by atoms with Crippen molar-refractivity contribution in [3.05, 3.63) is 83.2 Å². The maximum Gasteiger partial charge on any atom is 0.416 e. The van der Waals surface area contributed by atoms with Crippen LogP contribution < -0.4 is 5.32 Å². The number of rotatable bonds is 4. The molecule has 0 aliphatic heterocycles. The number of benzene rings is 2. The van der Waals surface area contributed by atoms with Crippen molar-refractivity contribution in [2.24, 2.45) is 0 Å². The zero-order valence-corrected chi connectivity index (χ0v) is 20.5. The summed E-state index contributed by atoms with van der Waals surface area (Å²) in [4.78, 5) is 16.1. The summed E-state index contributed by atoms with van der Waals surface area (Å²) in [6, 6.07) is 14.0. The van der Waals surface area contributed by atoms with E-state index in [1.165, 1.54) is 17.5 Å². The van der Waals surface area contributed by atoms with E-state index in [0.29, 0.717) is 39.2 Å². The number of carbonyl (C=O) groups excluding carboxylic acids is 1. The van der Waals surface area contributed by atoms with Gasteiger partial charge in [0.1, 0.15) is 0 Å². The number of alkyl halides is 3. The fourth-order valence-corrected chi connectivity index (χ4v) is 4.38. The number of aromatic nitrogens is 5. The van der Waals surface area contributed by atoms with Gasteiger partial charge in [-0.15, -0.1) is 5.10 Å². The minimum atomic E-state index is -4.53. The van der Waals surface area contributed by atoms with Crippen LogP contribution >= 0.6 is 0 Å². The molecule has 5 aromatic rings. The highest BCUT2D eigenvalue weighted by atomic mass is 19.4. The van der Waals surface area contributed by atoms with Gasteiger partial charge in [0.05, 0.1) is 34.8 Å². The van der Waals surface area contributed by atoms with Crippen molar-refractivity contribution in [2.45, 2.75) is 26.9 Å². The van der Waals surface area contributed by atoms with Gasteiger partial charge in [0.25, 0.3) is 0 Å². The van der Waals surface area contributed by atoms with E-state index in [-0.39, 0.29) is 17.5 Å². The standard InChI is InChI=1S/C27H20F3N7O/c1-15-13-32-37(21-9-7-18(12-31)8-10-21)24(15)22-14-36-25(34-26(35-36)33-17(3)38)23(16(22)2)19-5-4-6-20(11-19)27(28,29)30/h4-11,13-14H,1-3H3,(H,33,35,38). The molecule has 0 saturated heterocycles. The molecular weight excluding hydrogens is 495 g/mol. The normalized spacial score (nSPS) is 11.5. The molecule has 0 spiro atoms. The zero-order valence-electron chi connectivity index (χ0n) is 20.5. The van der Waals surface area contributed by atoms with Crippen molar-refractivity contribution in [1.29, 1.82) is 5.26 Å². The highest BCUT2D eigenvalue weighted by molar-refractivity contribution is 5.90. The lowest BCUT2D eigenvalue weighted by Gasteiger charge is -2.16. The van der Waals surface area contributed by atoms with E-state index in [1.54, 1.807) is 54.3 Å². The molecule has 3 heterocycles. The Balaban J connectivity index is 1.80. The number of pyridine rings is 1. The first kappa shape index (κ1) is 24.7. The van der Waals surface area contributed by atoms with Gasteiger partial charge in [0, 0.05) is 24.2 Å². The molecule has 1 N–H and O–H groups in total. The summed E-state index contributed by atoms with van der Waals surface area (Å²) in [6.45, 7) is 4.99. The third-order valence-corrected chi connectivity index (χ3v) is 6.10. The van der Waals surface area contributed by atoms with Gasteiger partial charge in [-0.2, -0.15) is 28.5 Å². The topological polar surface area (TPSA) is 101 Å². The number of amides is 1. The number of hydrogen-bond acceptors (Lipinski definition) is 5. The second-order valence-corrected chi connectivity index (χ2v) is 8.75. The molecule has 0 unspecified atom stereocenters. The molecule has 3 aromatic heterocycles. The van der Waals surface area contributed by atoms with Crippen LogP contribution in [0, 0.1) is 25.2 Å². The molecular formula is C27H20F3N7O. The van der Waals surface area contributed by atoms with E-state index in [0.717, 1.165) is 17.7 Å². The molecule has 1 amide bonds. The second-order valence-electron chi connectivity index (χ2n) is 8.75. The third kappa shape index (κ3) is 4.37. The largest absolute Gasteiger partial charge is 0.416 e. The lowest BCUT2D eigenvalue weighted by Crippen LogP contribution is -2.07. The molecule has 0 atom stereocenters. The van der Waals surface area contributed by atoms with Gasteiger partial charge in [0.2, 0.25) is 11.9 Å². The summed E-state index contributed by atoms with van der Waals surface area (Å²) in [6.07, 6.45) is -1.13. The smallest absolute Gasteiger partial charge is 0.293 e. The van der Waals surface area contributed by atoms with Gasteiger partial charge in [-0.25, -0.2) is 9.20 Å². The number of aryl methyl sites for hydroxylation is 1. The maximum absolute atomic E-state index is 13.6. The quantitative estimate of drug-likeness (QED) is 0.330. The Kier molecular flexibility index (Phi) is 5.95. The first-order chi connectivity index (χ1) is 18.1. The van der Waals surface area contributed by atoms with Crippen molar-refractivity contribution >= 4 is 17.5 Å². The number of anilines is 1. The minimum absolute atomic E-state index is 0.0274. The molecule has 0 aliphatic carbocycles. The van der Waals surface area contributed by atoms with Crippen LogP contribution in [0.2, 0.25) is 0 Å². The molecule has 0 fully saturated rings. The van der Waals surface area contributed by atoms with Crippen molar-refractivity contribution in [3.8, 4) is 34.1 Å². The Bertz CT molecular complexity index is 1740. The molecule has 0 radical (unpaired) electrons. The third-order valence-electron chi connectivity index (χ3n) is 6.10. The Morgan fingerprint density at radius 3 is 2.50 bits per heavy atom. The molecule has 2 aromatic carbocycles. The molecule has 5 rings (SSSR count). The monoisotopic (exact) mass is 515 g/mol. The average Bonchev–Trinajstić information content (AvgIpc) is 3.45. The molecule has 190 valence electrons. The van der Waals surface area contributed by atoms with Gasteiger partial charge >= 0.3 is 6.18 Å². The van der Waals surface area contributed by atoms with Crippen LogP contribution in [0.4, 0.5) is 19.1 Å². The highest BCUT2D eigenvalue weighted by Gasteiger charge is 2.31. The predicted molar refractivity (Wildman–Crippen MR) is 134 cm³/mol. The average molecular weight is 515 g/mol. The van der Waals surface area contributed by atoms with Gasteiger partial charge in [0.15, 0.2) is 5.65 Å². The molecule has 0 bridgehead atoms. The van der Waals surface area contributed by atoms with Gasteiger partial charge < -0.3 is 0 Å². The van der Waals surface area contributed by atoms with E-state index < -0.39 is 11.7 Å². The maximum atomic E-state index is 13.6. The van der Waals surface area contributed by atoms with Gasteiger partial charge in [-0.05, 0) is 66.9 Å². The summed E-state index contributed by atoms with van der Waals surface area (Å²) in [5.41, 5.74) is 4.24. The molecule has 11 heteroatoms. The SMILES string of the molecule is CC(=O)Nc1nc2c(-c3cccc(C(F)(F)F)c3)c(C)c(-c3c(C)cnn3-c3ccc(C#N)cc3)cn2n1. The van der Waals surface area contributed by atoms with Gasteiger partial charge in [-0.3, -0.25) is 10.1 Å². The number of fused-ring (bicyclic) bond motifs is 1. The fourth-order valence-electron chi connectivity index (χ4n) is 4.38. The zero-order chi connectivity index (χ0) is 27.2. The van der Waals surface area contributed by atoms with Crippen LogP contribution in [0.15, 0.2) is 60.9 Å². The Labute approximate surface area is 215 Å². The number of nitrogens with zero attached hydrogens (tertiary/aromatic N) is 6. The lowest BCUT2D eigenvalue weighted by atomic mass is 9.95. The summed E-state index contributed by atoms with van der Waals surface area (Å²) < 4.78 is 43.9. The fraction of sp³-hybridized carbons (Fsp3) is 0.148. The number of nitriles is 1. The van der Waals surface area contributed by atoms with Crippen LogP contribution in [-0.4, -0.2) is 30.3 Å². The number of nitrogens with one attached hydrogen (secondary N) is 1. The van der Waals surface area contributed by atoms with Crippen LogP contribution in [0.5, 0.6) is 0 Å². The van der Waals surface area contributed by atoms with Crippen LogP contribution in [-0.2, 0) is 11.0 Å². The first-order valence-electron chi connectivity index (χ1n) is 11.5. The molecule has 38 heavy (non-hydrogen) atoms. The van der Waals surface area contributed by atoms with E-state index in [2.05, 4.69) is 26.6 Å². The number of carbonyl (C=O) groups is 1. The van der Waals surface area contributed by atoms with Crippen LogP contribution in [0.3, 0.4) is 0 Å². The van der Waals surface area contributed by atoms with Crippen molar-refractivity contribution in [1.82, 2.24) is 24.4 Å². The minimum Gasteiger partial charge on any atom is -0.293 e. The van der Waals surface area contributed by atoms with E-state index in [9.17, 15) is 18.0 Å². The van der Waals surface area contributed by atoms with Crippen molar-refractivity contribution in [2.75, 3.05) is 5.32 Å². The van der Waals surface area contributed by atoms with E-state index in [1.807, 2.05) is 6.92 Å². The Morgan fingerprint density at radius 1 is 1.11 bits per heavy atom. The second kappa shape index (κ2) is 9.15. The summed E-state index contributed by atoms with van der Waals surface area (Å²) in [7, 11) is 0.